The minimum atomic E-state index is -4.49. The summed E-state index contributed by atoms with van der Waals surface area (Å²) in [5, 5.41) is 0. The number of carbonyl (C=O) groups is 1. The van der Waals surface area contributed by atoms with Gasteiger partial charge in [0, 0.05) is 11.8 Å². The van der Waals surface area contributed by atoms with Crippen LogP contribution in [0.5, 0.6) is 0 Å². The zero-order valence-electron chi connectivity index (χ0n) is 6.80. The van der Waals surface area contributed by atoms with Crippen molar-refractivity contribution in [2.75, 3.05) is 0 Å². The molecule has 0 saturated heterocycles. The molecule has 1 heterocycles. The van der Waals surface area contributed by atoms with Crippen LogP contribution in [0.3, 0.4) is 0 Å². The topological polar surface area (TPSA) is 29.4 Å². The smallest absolute Gasteiger partial charge is 0.289 e. The summed E-state index contributed by atoms with van der Waals surface area (Å²) in [6.07, 6.45) is -0.322. The van der Waals surface area contributed by atoms with E-state index < -0.39 is 17.5 Å². The molecular formula is C9H4F3NO. The summed E-state index contributed by atoms with van der Waals surface area (Å²) in [7, 11) is 0. The molecule has 0 radical (unpaired) electrons. The van der Waals surface area contributed by atoms with Gasteiger partial charge in [-0.2, -0.15) is 13.2 Å². The Morgan fingerprint density at radius 2 is 1.93 bits per heavy atom. The number of rotatable bonds is 0. The van der Waals surface area contributed by atoms with Crippen LogP contribution in [-0.2, 0) is 4.79 Å². The van der Waals surface area contributed by atoms with Gasteiger partial charge >= 0.3 is 6.18 Å². The summed E-state index contributed by atoms with van der Waals surface area (Å²) >= 11 is 0. The number of allylic oxidation sites excluding steroid dienone is 5. The minimum absolute atomic E-state index is 0.0878. The molecular weight excluding hydrogens is 195 g/mol. The number of nitrogens with zero attached hydrogens (tertiary/aromatic N) is 1. The third kappa shape index (κ3) is 1.30. The molecule has 1 aliphatic heterocycles. The second-order valence-electron chi connectivity index (χ2n) is 2.85. The van der Waals surface area contributed by atoms with E-state index in [4.69, 9.17) is 0 Å². The fourth-order valence-electron chi connectivity index (χ4n) is 1.24. The zero-order chi connectivity index (χ0) is 10.3. The molecule has 0 unspecified atom stereocenters. The Morgan fingerprint density at radius 3 is 2.57 bits per heavy atom. The summed E-state index contributed by atoms with van der Waals surface area (Å²) in [6.45, 7) is 0. The maximum Gasteiger partial charge on any atom is 0.416 e. The van der Waals surface area contributed by atoms with Gasteiger partial charge in [0.1, 0.15) is 0 Å². The van der Waals surface area contributed by atoms with Gasteiger partial charge < -0.3 is 0 Å². The predicted octanol–water partition coefficient (Wildman–Crippen LogP) is 1.95. The first-order chi connectivity index (χ1) is 6.48. The predicted molar refractivity (Wildman–Crippen MR) is 43.8 cm³/mol. The van der Waals surface area contributed by atoms with E-state index in [0.717, 1.165) is 6.08 Å². The van der Waals surface area contributed by atoms with Gasteiger partial charge in [-0.3, -0.25) is 9.79 Å². The standard InChI is InChI=1S/C9H4F3NO/c10-9(11,12)5-3-7-6(1-2-13-7)8(14)4-5/h1-4H. The number of halogens is 3. The van der Waals surface area contributed by atoms with Crippen molar-refractivity contribution in [2.24, 2.45) is 4.99 Å². The Balaban J connectivity index is 2.46. The van der Waals surface area contributed by atoms with Crippen LogP contribution in [-0.4, -0.2) is 18.2 Å². The highest BCUT2D eigenvalue weighted by Gasteiger charge is 2.36. The quantitative estimate of drug-likeness (QED) is 0.586. The molecule has 0 saturated carbocycles. The number of hydrogen-bond acceptors (Lipinski definition) is 2. The maximum absolute atomic E-state index is 12.2. The average molecular weight is 199 g/mol. The minimum Gasteiger partial charge on any atom is -0.289 e. The summed E-state index contributed by atoms with van der Waals surface area (Å²) in [5.41, 5.74) is -0.642. The molecule has 0 atom stereocenters. The lowest BCUT2D eigenvalue weighted by Gasteiger charge is -2.12. The van der Waals surface area contributed by atoms with Crippen LogP contribution >= 0.6 is 0 Å². The van der Waals surface area contributed by atoms with E-state index in [1.165, 1.54) is 12.3 Å². The lowest BCUT2D eigenvalue weighted by molar-refractivity contribution is -0.113. The Hall–Kier alpha value is -1.65. The first-order valence-electron chi connectivity index (χ1n) is 3.78. The second kappa shape index (κ2) is 2.67. The van der Waals surface area contributed by atoms with E-state index in [1.807, 2.05) is 0 Å². The van der Waals surface area contributed by atoms with Gasteiger partial charge in [0.15, 0.2) is 5.78 Å². The zero-order valence-corrected chi connectivity index (χ0v) is 6.80. The molecule has 0 aromatic rings. The number of carbonyl (C=O) groups excluding carboxylic acids is 1. The largest absolute Gasteiger partial charge is 0.416 e. The van der Waals surface area contributed by atoms with E-state index >= 15 is 0 Å². The number of hydrogen-bond donors (Lipinski definition) is 0. The van der Waals surface area contributed by atoms with E-state index in [1.54, 1.807) is 0 Å². The van der Waals surface area contributed by atoms with Gasteiger partial charge in [0.05, 0.1) is 11.3 Å². The highest BCUT2D eigenvalue weighted by molar-refractivity contribution is 6.13. The lowest BCUT2D eigenvalue weighted by Crippen LogP contribution is -2.16. The van der Waals surface area contributed by atoms with Crippen LogP contribution < -0.4 is 0 Å². The Kier molecular flexibility index (Phi) is 1.70. The lowest BCUT2D eigenvalue weighted by atomic mass is 9.98. The molecule has 0 spiro atoms. The summed E-state index contributed by atoms with van der Waals surface area (Å²) in [5.74, 6) is -0.646. The van der Waals surface area contributed by atoms with Crippen LogP contribution in [0.25, 0.3) is 0 Å². The SMILES string of the molecule is O=C1C=C(C(F)(F)F)C=C2N=CC=C12. The third-order valence-electron chi connectivity index (χ3n) is 1.90. The summed E-state index contributed by atoms with van der Waals surface area (Å²) in [6, 6.07) is 0. The van der Waals surface area contributed by atoms with Crippen molar-refractivity contribution in [3.8, 4) is 0 Å². The fraction of sp³-hybridized carbons (Fsp3) is 0.111. The Morgan fingerprint density at radius 1 is 1.21 bits per heavy atom. The fourth-order valence-corrected chi connectivity index (χ4v) is 1.24. The van der Waals surface area contributed by atoms with Gasteiger partial charge in [-0.1, -0.05) is 0 Å². The Bertz CT molecular complexity index is 424. The maximum atomic E-state index is 12.2. The van der Waals surface area contributed by atoms with Crippen LogP contribution in [0, 0.1) is 0 Å². The van der Waals surface area contributed by atoms with Crippen molar-refractivity contribution in [3.63, 3.8) is 0 Å². The Labute approximate surface area is 77.1 Å². The average Bonchev–Trinajstić information content (AvgIpc) is 2.50. The van der Waals surface area contributed by atoms with Crippen LogP contribution in [0.2, 0.25) is 0 Å². The molecule has 14 heavy (non-hydrogen) atoms. The van der Waals surface area contributed by atoms with Gasteiger partial charge in [0.25, 0.3) is 0 Å². The van der Waals surface area contributed by atoms with E-state index in [9.17, 15) is 18.0 Å². The summed E-state index contributed by atoms with van der Waals surface area (Å²) < 4.78 is 36.7. The van der Waals surface area contributed by atoms with Gasteiger partial charge in [0.2, 0.25) is 0 Å². The number of ketones is 1. The van der Waals surface area contributed by atoms with E-state index in [0.29, 0.717) is 6.08 Å². The van der Waals surface area contributed by atoms with Crippen molar-refractivity contribution in [2.45, 2.75) is 6.18 Å². The number of alkyl halides is 3. The van der Waals surface area contributed by atoms with Gasteiger partial charge in [-0.15, -0.1) is 0 Å². The van der Waals surface area contributed by atoms with Crippen molar-refractivity contribution < 1.29 is 18.0 Å². The van der Waals surface area contributed by atoms with Gasteiger partial charge in [-0.05, 0) is 18.2 Å². The molecule has 0 aromatic heterocycles. The number of aliphatic imine (C=N–C) groups is 1. The van der Waals surface area contributed by atoms with E-state index in [-0.39, 0.29) is 11.3 Å². The molecule has 0 fully saturated rings. The molecule has 0 aromatic carbocycles. The normalized spacial score (nSPS) is 20.2. The highest BCUT2D eigenvalue weighted by atomic mass is 19.4. The number of fused-ring (bicyclic) bond motifs is 1. The molecule has 0 amide bonds. The van der Waals surface area contributed by atoms with Crippen molar-refractivity contribution >= 4 is 12.0 Å². The van der Waals surface area contributed by atoms with Gasteiger partial charge in [-0.25, -0.2) is 0 Å². The molecule has 2 rings (SSSR count). The highest BCUT2D eigenvalue weighted by Crippen LogP contribution is 2.33. The third-order valence-corrected chi connectivity index (χ3v) is 1.90. The molecule has 0 N–H and O–H groups in total. The first kappa shape index (κ1) is 8.93. The molecule has 5 heteroatoms. The van der Waals surface area contributed by atoms with Crippen molar-refractivity contribution in [1.29, 1.82) is 0 Å². The first-order valence-corrected chi connectivity index (χ1v) is 3.78. The molecule has 1 aliphatic carbocycles. The van der Waals surface area contributed by atoms with Crippen LogP contribution in [0.1, 0.15) is 0 Å². The van der Waals surface area contributed by atoms with Crippen molar-refractivity contribution in [1.82, 2.24) is 0 Å². The second-order valence-corrected chi connectivity index (χ2v) is 2.85. The monoisotopic (exact) mass is 199 g/mol. The molecule has 2 aliphatic rings. The van der Waals surface area contributed by atoms with Crippen LogP contribution in [0.4, 0.5) is 13.2 Å². The molecule has 0 bridgehead atoms. The molecule has 2 nitrogen and oxygen atoms in total. The van der Waals surface area contributed by atoms with E-state index in [2.05, 4.69) is 4.99 Å². The molecule has 72 valence electrons. The summed E-state index contributed by atoms with van der Waals surface area (Å²) in [4.78, 5) is 14.8. The van der Waals surface area contributed by atoms with Crippen LogP contribution in [0.15, 0.2) is 40.1 Å². The van der Waals surface area contributed by atoms with Crippen molar-refractivity contribution in [3.05, 3.63) is 35.1 Å².